The van der Waals surface area contributed by atoms with Crippen molar-refractivity contribution in [3.8, 4) is 62.4 Å². The van der Waals surface area contributed by atoms with Crippen molar-refractivity contribution in [2.45, 2.75) is 13.8 Å². The minimum Gasteiger partial charge on any atom is -0.308 e. The van der Waals surface area contributed by atoms with E-state index in [0.717, 1.165) is 60.9 Å². The van der Waals surface area contributed by atoms with Crippen molar-refractivity contribution < 1.29 is 0 Å². The van der Waals surface area contributed by atoms with Crippen LogP contribution in [0.1, 0.15) is 11.6 Å². The minimum atomic E-state index is 0.581. The molecule has 4 heterocycles. The molecular weight excluding hydrogens is 731 g/mol. The Bertz CT molecular complexity index is 3290. The van der Waals surface area contributed by atoms with Crippen LogP contribution in [0.25, 0.3) is 104 Å². The molecule has 0 amide bonds. The first-order valence-electron chi connectivity index (χ1n) is 19.2. The smallest absolute Gasteiger partial charge is 0.166 e. The van der Waals surface area contributed by atoms with Crippen LogP contribution < -0.4 is 0 Å². The molecule has 7 aromatic carbocycles. The first-order chi connectivity index (χ1) is 28.6. The Hall–Kier alpha value is -7.42. The summed E-state index contributed by atoms with van der Waals surface area (Å²) in [6, 6.07) is 57.3. The Kier molecular flexibility index (Phi) is 7.97. The second kappa shape index (κ2) is 13.7. The summed E-state index contributed by atoms with van der Waals surface area (Å²) in [5.74, 6) is 3.82. The van der Waals surface area contributed by atoms with E-state index in [1.54, 1.807) is 0 Å². The first-order valence-corrected chi connectivity index (χ1v) is 20.0. The van der Waals surface area contributed by atoms with Crippen LogP contribution in [-0.4, -0.2) is 34.5 Å². The molecule has 0 saturated carbocycles. The van der Waals surface area contributed by atoms with Crippen molar-refractivity contribution in [1.29, 1.82) is 0 Å². The summed E-state index contributed by atoms with van der Waals surface area (Å²) in [7, 11) is 0. The van der Waals surface area contributed by atoms with Crippen molar-refractivity contribution in [1.82, 2.24) is 34.5 Å². The van der Waals surface area contributed by atoms with Crippen LogP contribution in [0.3, 0.4) is 0 Å². The molecule has 0 radical (unpaired) electrons. The Balaban J connectivity index is 1.23. The topological polar surface area (TPSA) is 82.3 Å². The maximum absolute atomic E-state index is 5.29. The Morgan fingerprint density at radius 3 is 1.71 bits per heavy atom. The number of rotatable bonds is 6. The van der Waals surface area contributed by atoms with Gasteiger partial charge in [-0.05, 0) is 61.4 Å². The highest BCUT2D eigenvalue weighted by atomic mass is 32.1. The molecular formula is C50H33N7S. The standard InChI is InChI=1S/C50H33N7S/c1-30-51-31(2)53-49(52-30)35-24-26-38-37-18-9-11-21-41(37)57(43(38)29-35)42-27-25-34(36-20-13-23-45-46(36)39-19-10-12-22-44(39)58-45)28-40(42)50-55-47(32-14-5-3-6-15-32)54-48(56-50)33-16-7-4-8-17-33/h3-29H,1-2H3. The SMILES string of the molecule is Cc1nc(C)nc(-c2ccc3c4ccccc4n(-c4ccc(-c5cccc6sc7ccccc7c56)cc4-c4nc(-c5ccccc5)nc(-c5ccccc5)n4)c3c2)n1. The molecule has 0 unspecified atom stereocenters. The molecule has 58 heavy (non-hydrogen) atoms. The van der Waals surface area contributed by atoms with E-state index in [0.29, 0.717) is 34.9 Å². The molecule has 11 aromatic rings. The summed E-state index contributed by atoms with van der Waals surface area (Å²) in [6.07, 6.45) is 0. The van der Waals surface area contributed by atoms with E-state index in [4.69, 9.17) is 24.9 Å². The van der Waals surface area contributed by atoms with Gasteiger partial charge in [-0.1, -0.05) is 127 Å². The number of hydrogen-bond acceptors (Lipinski definition) is 7. The quantitative estimate of drug-likeness (QED) is 0.168. The number of nitrogens with zero attached hydrogens (tertiary/aromatic N) is 7. The molecule has 0 bridgehead atoms. The predicted octanol–water partition coefficient (Wildman–Crippen LogP) is 12.5. The van der Waals surface area contributed by atoms with Gasteiger partial charge in [-0.15, -0.1) is 11.3 Å². The summed E-state index contributed by atoms with van der Waals surface area (Å²) in [5.41, 5.74) is 8.90. The van der Waals surface area contributed by atoms with E-state index in [-0.39, 0.29) is 0 Å². The van der Waals surface area contributed by atoms with Crippen molar-refractivity contribution in [2.24, 2.45) is 0 Å². The van der Waals surface area contributed by atoms with Crippen LogP contribution in [0.5, 0.6) is 0 Å². The van der Waals surface area contributed by atoms with Gasteiger partial charge >= 0.3 is 0 Å². The fraction of sp³-hybridized carbons (Fsp3) is 0.0400. The van der Waals surface area contributed by atoms with Crippen LogP contribution in [0.2, 0.25) is 0 Å². The number of thiophene rings is 1. The minimum absolute atomic E-state index is 0.581. The fourth-order valence-corrected chi connectivity index (χ4v) is 9.27. The Morgan fingerprint density at radius 2 is 0.966 bits per heavy atom. The molecule has 0 N–H and O–H groups in total. The molecule has 0 fully saturated rings. The van der Waals surface area contributed by atoms with E-state index in [1.165, 1.54) is 20.2 Å². The lowest BCUT2D eigenvalue weighted by molar-refractivity contribution is 0.928. The molecule has 0 aliphatic carbocycles. The number of para-hydroxylation sites is 1. The van der Waals surface area contributed by atoms with E-state index < -0.39 is 0 Å². The van der Waals surface area contributed by atoms with Gasteiger partial charge < -0.3 is 4.57 Å². The lowest BCUT2D eigenvalue weighted by Crippen LogP contribution is -2.04. The second-order valence-corrected chi connectivity index (χ2v) is 15.5. The van der Waals surface area contributed by atoms with Gasteiger partial charge in [-0.2, -0.15) is 0 Å². The van der Waals surface area contributed by atoms with Crippen LogP contribution in [0.4, 0.5) is 0 Å². The van der Waals surface area contributed by atoms with E-state index in [9.17, 15) is 0 Å². The number of hydrogen-bond donors (Lipinski definition) is 0. The van der Waals surface area contributed by atoms with Gasteiger partial charge in [-0.25, -0.2) is 29.9 Å². The monoisotopic (exact) mass is 763 g/mol. The average molecular weight is 764 g/mol. The summed E-state index contributed by atoms with van der Waals surface area (Å²) in [4.78, 5) is 29.6. The van der Waals surface area contributed by atoms with Gasteiger partial charge in [0.25, 0.3) is 0 Å². The highest BCUT2D eigenvalue weighted by Crippen LogP contribution is 2.43. The first kappa shape index (κ1) is 33.9. The summed E-state index contributed by atoms with van der Waals surface area (Å²) >= 11 is 1.82. The zero-order valence-electron chi connectivity index (χ0n) is 31.6. The van der Waals surface area contributed by atoms with Crippen LogP contribution in [-0.2, 0) is 0 Å². The normalized spacial score (nSPS) is 11.6. The van der Waals surface area contributed by atoms with E-state index >= 15 is 0 Å². The number of fused-ring (bicyclic) bond motifs is 6. The fourth-order valence-electron chi connectivity index (χ4n) is 8.14. The molecule has 0 saturated heterocycles. The summed E-state index contributed by atoms with van der Waals surface area (Å²) < 4.78 is 4.85. The summed E-state index contributed by atoms with van der Waals surface area (Å²) in [5, 5.41) is 4.76. The van der Waals surface area contributed by atoms with Gasteiger partial charge in [0.15, 0.2) is 23.3 Å². The van der Waals surface area contributed by atoms with E-state index in [1.807, 2.05) is 85.8 Å². The number of aromatic nitrogens is 7. The maximum atomic E-state index is 5.29. The zero-order valence-corrected chi connectivity index (χ0v) is 32.4. The molecule has 11 rings (SSSR count). The third-order valence-electron chi connectivity index (χ3n) is 10.7. The molecule has 0 aliphatic rings. The van der Waals surface area contributed by atoms with Gasteiger partial charge in [0.2, 0.25) is 0 Å². The van der Waals surface area contributed by atoms with Gasteiger partial charge in [0, 0.05) is 53.2 Å². The number of aryl methyl sites for hydroxylation is 2. The molecule has 0 spiro atoms. The van der Waals surface area contributed by atoms with Crippen molar-refractivity contribution in [2.75, 3.05) is 0 Å². The van der Waals surface area contributed by atoms with Gasteiger partial charge in [0.05, 0.1) is 16.7 Å². The zero-order chi connectivity index (χ0) is 38.7. The Morgan fingerprint density at radius 1 is 0.379 bits per heavy atom. The molecule has 4 aromatic heterocycles. The Labute approximate surface area is 338 Å². The van der Waals surface area contributed by atoms with Gasteiger partial charge in [0.1, 0.15) is 11.6 Å². The van der Waals surface area contributed by atoms with Crippen molar-refractivity contribution in [3.05, 3.63) is 175 Å². The van der Waals surface area contributed by atoms with Crippen LogP contribution in [0.15, 0.2) is 164 Å². The molecule has 0 atom stereocenters. The lowest BCUT2D eigenvalue weighted by atomic mass is 9.96. The third kappa shape index (κ3) is 5.73. The molecule has 8 heteroatoms. The van der Waals surface area contributed by atoms with Crippen molar-refractivity contribution >= 4 is 53.3 Å². The highest BCUT2D eigenvalue weighted by Gasteiger charge is 2.22. The third-order valence-corrected chi connectivity index (χ3v) is 11.8. The molecule has 274 valence electrons. The molecule has 0 aliphatic heterocycles. The predicted molar refractivity (Wildman–Crippen MR) is 237 cm³/mol. The lowest BCUT2D eigenvalue weighted by Gasteiger charge is -2.17. The summed E-state index contributed by atoms with van der Waals surface area (Å²) in [6.45, 7) is 3.81. The van der Waals surface area contributed by atoms with Crippen molar-refractivity contribution in [3.63, 3.8) is 0 Å². The maximum Gasteiger partial charge on any atom is 0.166 e. The highest BCUT2D eigenvalue weighted by molar-refractivity contribution is 7.25. The number of benzene rings is 7. The van der Waals surface area contributed by atoms with Crippen LogP contribution >= 0.6 is 11.3 Å². The second-order valence-electron chi connectivity index (χ2n) is 14.4. The largest absolute Gasteiger partial charge is 0.308 e. The van der Waals surface area contributed by atoms with E-state index in [2.05, 4.69) is 113 Å². The van der Waals surface area contributed by atoms with Crippen LogP contribution in [0, 0.1) is 13.8 Å². The molecule has 7 nitrogen and oxygen atoms in total. The van der Waals surface area contributed by atoms with Gasteiger partial charge in [-0.3, -0.25) is 0 Å². The average Bonchev–Trinajstić information content (AvgIpc) is 3.82.